The van der Waals surface area contributed by atoms with E-state index in [0.717, 1.165) is 6.41 Å². The van der Waals surface area contributed by atoms with E-state index >= 15 is 0 Å². The molecule has 1 atom stereocenters. The zero-order valence-corrected chi connectivity index (χ0v) is 13.1. The average molecular weight is 327 g/mol. The molecule has 1 aliphatic heterocycles. The first-order valence-electron chi connectivity index (χ1n) is 7.83. The van der Waals surface area contributed by atoms with E-state index in [4.69, 9.17) is 0 Å². The van der Waals surface area contributed by atoms with Gasteiger partial charge in [0.25, 0.3) is 0 Å². The van der Waals surface area contributed by atoms with Gasteiger partial charge in [0.2, 0.25) is 12.3 Å². The normalized spacial score (nSPS) is 15.9. The lowest BCUT2D eigenvalue weighted by atomic mass is 9.93. The number of benzene rings is 1. The van der Waals surface area contributed by atoms with Crippen molar-refractivity contribution in [2.75, 3.05) is 26.2 Å². The number of hydrogen-bond acceptors (Lipinski definition) is 3. The van der Waals surface area contributed by atoms with Crippen LogP contribution in [0.4, 0.5) is 4.39 Å². The highest BCUT2D eigenvalue weighted by Crippen LogP contribution is 2.26. The van der Waals surface area contributed by atoms with Crippen molar-refractivity contribution in [2.24, 2.45) is 0 Å². The highest BCUT2D eigenvalue weighted by molar-refractivity contribution is 5.87. The summed E-state index contributed by atoms with van der Waals surface area (Å²) in [5, 5.41) is 0. The molecular weight excluding hydrogens is 309 g/mol. The van der Waals surface area contributed by atoms with Gasteiger partial charge in [0.15, 0.2) is 0 Å². The van der Waals surface area contributed by atoms with Crippen molar-refractivity contribution in [3.63, 3.8) is 0 Å². The molecule has 0 aliphatic carbocycles. The number of piperazine rings is 1. The summed E-state index contributed by atoms with van der Waals surface area (Å²) in [6.45, 7) is 2.02. The molecule has 5 nitrogen and oxygen atoms in total. The molecule has 3 rings (SSSR count). The standard InChI is InChI=1S/C18H18FN3O2/c19-15-6-4-14(5-7-15)17(16-3-1-2-8-20-16)18(24)22-11-9-21(13-23)10-12-22/h1-8,13,17H,9-12H2. The Balaban J connectivity index is 1.88. The molecular formula is C18H18FN3O2. The lowest BCUT2D eigenvalue weighted by Crippen LogP contribution is -2.49. The second-order valence-electron chi connectivity index (χ2n) is 5.71. The van der Waals surface area contributed by atoms with Gasteiger partial charge in [-0.15, -0.1) is 0 Å². The van der Waals surface area contributed by atoms with Gasteiger partial charge in [-0.25, -0.2) is 4.39 Å². The number of amides is 2. The van der Waals surface area contributed by atoms with Gasteiger partial charge in [-0.2, -0.15) is 0 Å². The van der Waals surface area contributed by atoms with Crippen molar-refractivity contribution >= 4 is 12.3 Å². The molecule has 2 heterocycles. The summed E-state index contributed by atoms with van der Waals surface area (Å²) in [4.78, 5) is 31.6. The van der Waals surface area contributed by atoms with Gasteiger partial charge in [0.1, 0.15) is 11.7 Å². The zero-order valence-electron chi connectivity index (χ0n) is 13.1. The van der Waals surface area contributed by atoms with Crippen molar-refractivity contribution in [2.45, 2.75) is 5.92 Å². The molecule has 24 heavy (non-hydrogen) atoms. The van der Waals surface area contributed by atoms with Crippen LogP contribution in [0.5, 0.6) is 0 Å². The molecule has 1 unspecified atom stereocenters. The van der Waals surface area contributed by atoms with Crippen LogP contribution in [0.1, 0.15) is 17.2 Å². The molecule has 1 aliphatic rings. The van der Waals surface area contributed by atoms with Crippen LogP contribution in [-0.2, 0) is 9.59 Å². The third kappa shape index (κ3) is 3.42. The second-order valence-corrected chi connectivity index (χ2v) is 5.71. The zero-order chi connectivity index (χ0) is 16.9. The summed E-state index contributed by atoms with van der Waals surface area (Å²) in [7, 11) is 0. The molecule has 2 aromatic rings. The predicted octanol–water partition coefficient (Wildman–Crippen LogP) is 1.65. The van der Waals surface area contributed by atoms with Crippen molar-refractivity contribution in [1.29, 1.82) is 0 Å². The fourth-order valence-electron chi connectivity index (χ4n) is 2.87. The monoisotopic (exact) mass is 327 g/mol. The van der Waals surface area contributed by atoms with E-state index in [-0.39, 0.29) is 11.7 Å². The lowest BCUT2D eigenvalue weighted by molar-refractivity contribution is -0.135. The van der Waals surface area contributed by atoms with Crippen LogP contribution in [0.3, 0.4) is 0 Å². The number of carbonyl (C=O) groups is 2. The summed E-state index contributed by atoms with van der Waals surface area (Å²) in [6.07, 6.45) is 2.45. The Hall–Kier alpha value is -2.76. The largest absolute Gasteiger partial charge is 0.342 e. The van der Waals surface area contributed by atoms with Gasteiger partial charge in [-0.1, -0.05) is 18.2 Å². The third-order valence-electron chi connectivity index (χ3n) is 4.21. The van der Waals surface area contributed by atoms with Crippen LogP contribution in [0.2, 0.25) is 0 Å². The number of aromatic nitrogens is 1. The highest BCUT2D eigenvalue weighted by atomic mass is 19.1. The molecule has 0 spiro atoms. The first kappa shape index (κ1) is 16.1. The smallest absolute Gasteiger partial charge is 0.236 e. The fourth-order valence-corrected chi connectivity index (χ4v) is 2.87. The SMILES string of the molecule is O=CN1CCN(C(=O)C(c2ccc(F)cc2)c2ccccn2)CC1. The Morgan fingerprint density at radius 3 is 2.38 bits per heavy atom. The van der Waals surface area contributed by atoms with Crippen LogP contribution < -0.4 is 0 Å². The summed E-state index contributed by atoms with van der Waals surface area (Å²) in [5.41, 5.74) is 1.34. The predicted molar refractivity (Wildman–Crippen MR) is 86.7 cm³/mol. The highest BCUT2D eigenvalue weighted by Gasteiger charge is 2.30. The van der Waals surface area contributed by atoms with Crippen molar-refractivity contribution in [3.8, 4) is 0 Å². The number of halogens is 1. The van der Waals surface area contributed by atoms with Gasteiger partial charge in [0, 0.05) is 32.4 Å². The number of rotatable bonds is 4. The number of nitrogens with zero attached hydrogens (tertiary/aromatic N) is 3. The maximum Gasteiger partial charge on any atom is 0.236 e. The summed E-state index contributed by atoms with van der Waals surface area (Å²) < 4.78 is 13.2. The summed E-state index contributed by atoms with van der Waals surface area (Å²) >= 11 is 0. The quantitative estimate of drug-likeness (QED) is 0.803. The number of pyridine rings is 1. The first-order chi connectivity index (χ1) is 11.7. The Morgan fingerprint density at radius 2 is 1.79 bits per heavy atom. The summed E-state index contributed by atoms with van der Waals surface area (Å²) in [6, 6.07) is 11.4. The minimum absolute atomic E-state index is 0.0779. The molecule has 6 heteroatoms. The van der Waals surface area contributed by atoms with Gasteiger partial charge in [-0.3, -0.25) is 14.6 Å². The topological polar surface area (TPSA) is 53.5 Å². The van der Waals surface area contributed by atoms with Crippen LogP contribution >= 0.6 is 0 Å². The molecule has 0 bridgehead atoms. The van der Waals surface area contributed by atoms with Gasteiger partial charge in [0.05, 0.1) is 5.69 Å². The second kappa shape index (κ2) is 7.21. The Bertz CT molecular complexity index is 698. The number of carbonyl (C=O) groups excluding carboxylic acids is 2. The van der Waals surface area contributed by atoms with E-state index in [9.17, 15) is 14.0 Å². The Kier molecular flexibility index (Phi) is 4.84. The average Bonchev–Trinajstić information content (AvgIpc) is 2.64. The molecule has 1 fully saturated rings. The van der Waals surface area contributed by atoms with E-state index in [1.54, 1.807) is 40.3 Å². The molecule has 1 aromatic carbocycles. The molecule has 0 N–H and O–H groups in total. The molecule has 0 saturated carbocycles. The van der Waals surface area contributed by atoms with E-state index in [1.807, 2.05) is 6.07 Å². The van der Waals surface area contributed by atoms with Crippen LogP contribution in [0.15, 0.2) is 48.7 Å². The third-order valence-corrected chi connectivity index (χ3v) is 4.21. The van der Waals surface area contributed by atoms with Crippen LogP contribution in [-0.4, -0.2) is 53.3 Å². The van der Waals surface area contributed by atoms with Crippen LogP contribution in [0, 0.1) is 5.82 Å². The molecule has 0 radical (unpaired) electrons. The Morgan fingerprint density at radius 1 is 1.08 bits per heavy atom. The summed E-state index contributed by atoms with van der Waals surface area (Å²) in [5.74, 6) is -0.994. The number of hydrogen-bond donors (Lipinski definition) is 0. The lowest BCUT2D eigenvalue weighted by Gasteiger charge is -2.34. The van der Waals surface area contributed by atoms with Gasteiger partial charge < -0.3 is 9.80 Å². The molecule has 124 valence electrons. The van der Waals surface area contributed by atoms with E-state index < -0.39 is 5.92 Å². The van der Waals surface area contributed by atoms with Gasteiger partial charge in [-0.05, 0) is 29.8 Å². The fraction of sp³-hybridized carbons (Fsp3) is 0.278. The van der Waals surface area contributed by atoms with Crippen LogP contribution in [0.25, 0.3) is 0 Å². The maximum absolute atomic E-state index is 13.2. The van der Waals surface area contributed by atoms with E-state index in [1.165, 1.54) is 12.1 Å². The Labute approximate surface area is 139 Å². The van der Waals surface area contributed by atoms with Crippen molar-refractivity contribution in [1.82, 2.24) is 14.8 Å². The molecule has 1 aromatic heterocycles. The molecule has 2 amide bonds. The molecule has 1 saturated heterocycles. The maximum atomic E-state index is 13.2. The first-order valence-corrected chi connectivity index (χ1v) is 7.83. The van der Waals surface area contributed by atoms with E-state index in [0.29, 0.717) is 37.4 Å². The minimum atomic E-state index is -0.574. The van der Waals surface area contributed by atoms with Crippen molar-refractivity contribution in [3.05, 3.63) is 65.7 Å². The van der Waals surface area contributed by atoms with E-state index in [2.05, 4.69) is 4.98 Å². The van der Waals surface area contributed by atoms with Crippen molar-refractivity contribution < 1.29 is 14.0 Å². The minimum Gasteiger partial charge on any atom is -0.342 e. The van der Waals surface area contributed by atoms with Gasteiger partial charge >= 0.3 is 0 Å².